The summed E-state index contributed by atoms with van der Waals surface area (Å²) < 4.78 is 3.02. The third kappa shape index (κ3) is 5.15. The van der Waals surface area contributed by atoms with Gasteiger partial charge in [-0.05, 0) is 29.4 Å². The fraction of sp³-hybridized carbons (Fsp3) is 0.684. The maximum atomic E-state index is 10.1. The van der Waals surface area contributed by atoms with Gasteiger partial charge in [-0.15, -0.1) is 0 Å². The quantitative estimate of drug-likeness (QED) is 0.472. The summed E-state index contributed by atoms with van der Waals surface area (Å²) in [5, 5.41) is 13.8. The molecule has 1 aromatic rings. The van der Waals surface area contributed by atoms with Gasteiger partial charge in [0.05, 0.1) is 6.10 Å². The van der Waals surface area contributed by atoms with Crippen molar-refractivity contribution in [3.8, 4) is 0 Å². The SMILES string of the molecule is CC(C)(C)c1cccc(C2(NCC(O)CNI)CCCCC2)c1. The molecule has 3 nitrogen and oxygen atoms in total. The van der Waals surface area contributed by atoms with Crippen LogP contribution in [0.1, 0.15) is 64.0 Å². The number of rotatable bonds is 6. The monoisotopic (exact) mass is 430 g/mol. The molecule has 3 N–H and O–H groups in total. The van der Waals surface area contributed by atoms with E-state index in [1.807, 2.05) is 0 Å². The molecule has 1 aromatic carbocycles. The van der Waals surface area contributed by atoms with Gasteiger partial charge in [0, 0.05) is 41.5 Å². The number of hydrogen-bond donors (Lipinski definition) is 3. The predicted molar refractivity (Wildman–Crippen MR) is 106 cm³/mol. The van der Waals surface area contributed by atoms with Crippen LogP contribution in [0.25, 0.3) is 0 Å². The Bertz CT molecular complexity index is 492. The smallest absolute Gasteiger partial charge is 0.0797 e. The maximum Gasteiger partial charge on any atom is 0.0797 e. The number of benzene rings is 1. The molecule has 0 saturated heterocycles. The first-order valence-corrected chi connectivity index (χ1v) is 9.83. The molecule has 1 aliphatic carbocycles. The number of aliphatic hydroxyl groups is 1. The van der Waals surface area contributed by atoms with E-state index in [0.29, 0.717) is 13.1 Å². The summed E-state index contributed by atoms with van der Waals surface area (Å²) in [6.07, 6.45) is 5.80. The van der Waals surface area contributed by atoms with Crippen LogP contribution < -0.4 is 8.85 Å². The summed E-state index contributed by atoms with van der Waals surface area (Å²) in [4.78, 5) is 0. The van der Waals surface area contributed by atoms with Crippen LogP contribution in [0.2, 0.25) is 0 Å². The lowest BCUT2D eigenvalue weighted by molar-refractivity contribution is 0.143. The molecular weight excluding hydrogens is 399 g/mol. The molecule has 1 aliphatic rings. The molecule has 130 valence electrons. The molecule has 1 atom stereocenters. The van der Waals surface area contributed by atoms with E-state index in [0.717, 1.165) is 12.8 Å². The minimum Gasteiger partial charge on any atom is -0.390 e. The first-order valence-electron chi connectivity index (χ1n) is 8.75. The van der Waals surface area contributed by atoms with E-state index in [2.05, 4.69) is 76.7 Å². The molecule has 0 heterocycles. The molecule has 1 fully saturated rings. The number of halogens is 1. The molecule has 0 amide bonds. The van der Waals surface area contributed by atoms with E-state index < -0.39 is 0 Å². The van der Waals surface area contributed by atoms with Crippen LogP contribution in [0, 0.1) is 0 Å². The van der Waals surface area contributed by atoms with Crippen LogP contribution in [0.3, 0.4) is 0 Å². The van der Waals surface area contributed by atoms with Crippen molar-refractivity contribution in [2.45, 2.75) is 69.9 Å². The highest BCUT2D eigenvalue weighted by atomic mass is 127. The third-order valence-corrected chi connectivity index (χ3v) is 5.42. The van der Waals surface area contributed by atoms with Crippen molar-refractivity contribution in [3.63, 3.8) is 0 Å². The van der Waals surface area contributed by atoms with Gasteiger partial charge in [-0.25, -0.2) is 0 Å². The zero-order valence-electron chi connectivity index (χ0n) is 14.7. The zero-order valence-corrected chi connectivity index (χ0v) is 16.8. The van der Waals surface area contributed by atoms with Gasteiger partial charge in [-0.3, -0.25) is 3.53 Å². The summed E-state index contributed by atoms with van der Waals surface area (Å²) >= 11 is 2.09. The Hall–Kier alpha value is -0.170. The molecule has 2 rings (SSSR count). The van der Waals surface area contributed by atoms with Crippen molar-refractivity contribution in [1.82, 2.24) is 8.85 Å². The fourth-order valence-electron chi connectivity index (χ4n) is 3.48. The molecule has 0 spiro atoms. The average molecular weight is 430 g/mol. The van der Waals surface area contributed by atoms with Gasteiger partial charge in [-0.1, -0.05) is 64.3 Å². The Morgan fingerprint density at radius 3 is 2.48 bits per heavy atom. The summed E-state index contributed by atoms with van der Waals surface area (Å²) in [5.74, 6) is 0. The van der Waals surface area contributed by atoms with Gasteiger partial charge in [0.2, 0.25) is 0 Å². The van der Waals surface area contributed by atoms with Crippen molar-refractivity contribution in [1.29, 1.82) is 0 Å². The predicted octanol–water partition coefficient (Wildman–Crippen LogP) is 4.03. The topological polar surface area (TPSA) is 44.3 Å². The first kappa shape index (κ1) is 19.2. The Kier molecular flexibility index (Phi) is 6.89. The van der Waals surface area contributed by atoms with Crippen LogP contribution in [0.15, 0.2) is 24.3 Å². The molecular formula is C19H31IN2O. The van der Waals surface area contributed by atoms with E-state index in [4.69, 9.17) is 0 Å². The zero-order chi connectivity index (χ0) is 16.9. The maximum absolute atomic E-state index is 10.1. The summed E-state index contributed by atoms with van der Waals surface area (Å²) in [5.41, 5.74) is 2.96. The number of aliphatic hydroxyl groups excluding tert-OH is 1. The van der Waals surface area contributed by atoms with Crippen molar-refractivity contribution in [2.75, 3.05) is 13.1 Å². The van der Waals surface area contributed by atoms with E-state index in [-0.39, 0.29) is 17.1 Å². The molecule has 23 heavy (non-hydrogen) atoms. The first-order chi connectivity index (χ1) is 10.9. The Morgan fingerprint density at radius 1 is 1.17 bits per heavy atom. The minimum atomic E-state index is -0.350. The number of nitrogens with one attached hydrogen (secondary N) is 2. The van der Waals surface area contributed by atoms with E-state index >= 15 is 0 Å². The molecule has 0 bridgehead atoms. The summed E-state index contributed by atoms with van der Waals surface area (Å²) in [6, 6.07) is 9.06. The van der Waals surface area contributed by atoms with Crippen LogP contribution in [0.4, 0.5) is 0 Å². The summed E-state index contributed by atoms with van der Waals surface area (Å²) in [6.45, 7) is 8.05. The van der Waals surface area contributed by atoms with Crippen molar-refractivity contribution >= 4 is 22.9 Å². The highest BCUT2D eigenvalue weighted by Crippen LogP contribution is 2.38. The summed E-state index contributed by atoms with van der Waals surface area (Å²) in [7, 11) is 0. The highest BCUT2D eigenvalue weighted by molar-refractivity contribution is 14.1. The van der Waals surface area contributed by atoms with Gasteiger partial charge in [0.15, 0.2) is 0 Å². The van der Waals surface area contributed by atoms with Crippen LogP contribution in [-0.4, -0.2) is 24.3 Å². The van der Waals surface area contributed by atoms with Crippen molar-refractivity contribution in [3.05, 3.63) is 35.4 Å². The van der Waals surface area contributed by atoms with Crippen molar-refractivity contribution < 1.29 is 5.11 Å². The van der Waals surface area contributed by atoms with Crippen molar-refractivity contribution in [2.24, 2.45) is 0 Å². The molecule has 0 radical (unpaired) electrons. The number of hydrogen-bond acceptors (Lipinski definition) is 3. The molecule has 1 unspecified atom stereocenters. The van der Waals surface area contributed by atoms with E-state index in [1.165, 1.54) is 30.4 Å². The molecule has 1 saturated carbocycles. The normalized spacial score (nSPS) is 19.5. The molecule has 0 aromatic heterocycles. The fourth-order valence-corrected chi connectivity index (χ4v) is 3.99. The standard InChI is InChI=1S/C19H31IN2O/c1-18(2,3)15-8-7-9-16(12-15)19(10-5-4-6-11-19)21-13-17(23)14-22-20/h7-9,12,17,21-23H,4-6,10-11,13-14H2,1-3H3. The second-order valence-electron chi connectivity index (χ2n) is 7.85. The van der Waals surface area contributed by atoms with Crippen LogP contribution in [-0.2, 0) is 11.0 Å². The van der Waals surface area contributed by atoms with Gasteiger partial charge >= 0.3 is 0 Å². The average Bonchev–Trinajstić information content (AvgIpc) is 2.53. The Morgan fingerprint density at radius 2 is 1.87 bits per heavy atom. The molecule has 0 aliphatic heterocycles. The van der Waals surface area contributed by atoms with Crippen LogP contribution >= 0.6 is 22.9 Å². The second-order valence-corrected chi connectivity index (χ2v) is 8.61. The lowest BCUT2D eigenvalue weighted by Crippen LogP contribution is -2.48. The Balaban J connectivity index is 2.24. The highest BCUT2D eigenvalue weighted by Gasteiger charge is 2.34. The Labute approximate surface area is 155 Å². The largest absolute Gasteiger partial charge is 0.390 e. The lowest BCUT2D eigenvalue weighted by Gasteiger charge is -2.40. The third-order valence-electron chi connectivity index (χ3n) is 4.98. The minimum absolute atomic E-state index is 0.0196. The second kappa shape index (κ2) is 8.28. The van der Waals surface area contributed by atoms with Crippen LogP contribution in [0.5, 0.6) is 0 Å². The van der Waals surface area contributed by atoms with Gasteiger partial charge < -0.3 is 10.4 Å². The van der Waals surface area contributed by atoms with Gasteiger partial charge in [-0.2, -0.15) is 0 Å². The van der Waals surface area contributed by atoms with Gasteiger partial charge in [0.1, 0.15) is 0 Å². The van der Waals surface area contributed by atoms with E-state index in [1.54, 1.807) is 0 Å². The van der Waals surface area contributed by atoms with E-state index in [9.17, 15) is 5.11 Å². The van der Waals surface area contributed by atoms with Gasteiger partial charge in [0.25, 0.3) is 0 Å². The molecule has 4 heteroatoms. The lowest BCUT2D eigenvalue weighted by atomic mass is 9.74.